The third-order valence-corrected chi connectivity index (χ3v) is 2.23. The molecule has 2 heteroatoms. The van der Waals surface area contributed by atoms with Crippen molar-refractivity contribution in [2.75, 3.05) is 6.54 Å². The van der Waals surface area contributed by atoms with E-state index in [4.69, 9.17) is 5.73 Å². The van der Waals surface area contributed by atoms with Crippen molar-refractivity contribution in [3.63, 3.8) is 0 Å². The van der Waals surface area contributed by atoms with E-state index in [0.717, 1.165) is 31.0 Å². The SMILES string of the molecule is CCNC1=C(N)CC(C)CC1. The van der Waals surface area contributed by atoms with E-state index in [1.165, 1.54) is 12.1 Å². The summed E-state index contributed by atoms with van der Waals surface area (Å²) in [5, 5.41) is 3.31. The molecule has 0 aromatic heterocycles. The topological polar surface area (TPSA) is 38.0 Å². The van der Waals surface area contributed by atoms with Crippen LogP contribution in [0.15, 0.2) is 11.4 Å². The molecule has 0 aromatic carbocycles. The fourth-order valence-electron chi connectivity index (χ4n) is 1.57. The van der Waals surface area contributed by atoms with Gasteiger partial charge in [0, 0.05) is 17.9 Å². The first-order valence-corrected chi connectivity index (χ1v) is 4.45. The number of hydrogen-bond donors (Lipinski definition) is 2. The van der Waals surface area contributed by atoms with E-state index in [-0.39, 0.29) is 0 Å². The molecular formula is C9H18N2. The number of hydrogen-bond acceptors (Lipinski definition) is 2. The van der Waals surface area contributed by atoms with Crippen molar-refractivity contribution in [3.05, 3.63) is 11.4 Å². The van der Waals surface area contributed by atoms with Crippen LogP contribution < -0.4 is 11.1 Å². The van der Waals surface area contributed by atoms with Gasteiger partial charge in [-0.3, -0.25) is 0 Å². The molecule has 0 saturated heterocycles. The van der Waals surface area contributed by atoms with E-state index < -0.39 is 0 Å². The molecule has 0 heterocycles. The first-order valence-electron chi connectivity index (χ1n) is 4.45. The van der Waals surface area contributed by atoms with Crippen molar-refractivity contribution in [2.24, 2.45) is 11.7 Å². The summed E-state index contributed by atoms with van der Waals surface area (Å²) in [5.74, 6) is 0.775. The highest BCUT2D eigenvalue weighted by Crippen LogP contribution is 2.24. The van der Waals surface area contributed by atoms with Gasteiger partial charge in [0.2, 0.25) is 0 Å². The fraction of sp³-hybridized carbons (Fsp3) is 0.778. The summed E-state index contributed by atoms with van der Waals surface area (Å²) in [6, 6.07) is 0. The molecule has 2 nitrogen and oxygen atoms in total. The Bertz CT molecular complexity index is 161. The maximum Gasteiger partial charge on any atom is 0.0297 e. The van der Waals surface area contributed by atoms with Crippen LogP contribution in [0.4, 0.5) is 0 Å². The molecule has 0 aliphatic heterocycles. The number of nitrogens with two attached hydrogens (primary N) is 1. The van der Waals surface area contributed by atoms with E-state index in [9.17, 15) is 0 Å². The Kier molecular flexibility index (Phi) is 2.80. The van der Waals surface area contributed by atoms with Crippen molar-refractivity contribution in [1.82, 2.24) is 5.32 Å². The zero-order chi connectivity index (χ0) is 8.27. The van der Waals surface area contributed by atoms with Crippen molar-refractivity contribution in [2.45, 2.75) is 33.1 Å². The number of allylic oxidation sites excluding steroid dienone is 2. The van der Waals surface area contributed by atoms with Gasteiger partial charge in [-0.25, -0.2) is 0 Å². The number of nitrogens with one attached hydrogen (secondary N) is 1. The highest BCUT2D eigenvalue weighted by molar-refractivity contribution is 5.12. The Morgan fingerprint density at radius 3 is 2.91 bits per heavy atom. The molecule has 1 unspecified atom stereocenters. The zero-order valence-corrected chi connectivity index (χ0v) is 7.48. The minimum atomic E-state index is 0.775. The van der Waals surface area contributed by atoms with Gasteiger partial charge < -0.3 is 11.1 Å². The molecule has 0 amide bonds. The van der Waals surface area contributed by atoms with Crippen LogP contribution >= 0.6 is 0 Å². The Morgan fingerprint density at radius 2 is 2.36 bits per heavy atom. The van der Waals surface area contributed by atoms with Crippen molar-refractivity contribution in [3.8, 4) is 0 Å². The average Bonchev–Trinajstić information content (AvgIpc) is 1.95. The molecule has 0 fully saturated rings. The lowest BCUT2D eigenvalue weighted by Crippen LogP contribution is -2.23. The molecule has 0 saturated carbocycles. The Morgan fingerprint density at radius 1 is 1.64 bits per heavy atom. The minimum absolute atomic E-state index is 0.775. The maximum absolute atomic E-state index is 5.87. The third kappa shape index (κ3) is 2.14. The molecule has 1 aliphatic rings. The average molecular weight is 154 g/mol. The van der Waals surface area contributed by atoms with Gasteiger partial charge in [-0.15, -0.1) is 0 Å². The zero-order valence-electron chi connectivity index (χ0n) is 7.48. The Labute approximate surface area is 68.9 Å². The smallest absolute Gasteiger partial charge is 0.0297 e. The Hall–Kier alpha value is -0.660. The molecule has 1 aliphatic carbocycles. The summed E-state index contributed by atoms with van der Waals surface area (Å²) < 4.78 is 0. The van der Waals surface area contributed by atoms with Crippen molar-refractivity contribution < 1.29 is 0 Å². The summed E-state index contributed by atoms with van der Waals surface area (Å²) in [6.45, 7) is 5.36. The van der Waals surface area contributed by atoms with E-state index >= 15 is 0 Å². The predicted molar refractivity (Wildman–Crippen MR) is 47.9 cm³/mol. The molecule has 1 rings (SSSR count). The van der Waals surface area contributed by atoms with Crippen LogP contribution in [0.2, 0.25) is 0 Å². The third-order valence-electron chi connectivity index (χ3n) is 2.23. The largest absolute Gasteiger partial charge is 0.401 e. The Balaban J connectivity index is 2.54. The lowest BCUT2D eigenvalue weighted by molar-refractivity contribution is 0.477. The van der Waals surface area contributed by atoms with Gasteiger partial charge in [0.05, 0.1) is 0 Å². The van der Waals surface area contributed by atoms with Gasteiger partial charge in [0.1, 0.15) is 0 Å². The van der Waals surface area contributed by atoms with Gasteiger partial charge in [0.25, 0.3) is 0 Å². The normalized spacial score (nSPS) is 25.5. The first-order chi connectivity index (χ1) is 5.24. The van der Waals surface area contributed by atoms with Crippen LogP contribution in [-0.4, -0.2) is 6.54 Å². The number of rotatable bonds is 2. The standard InChI is InChI=1S/C9H18N2/c1-3-11-9-5-4-7(2)6-8(9)10/h7,11H,3-6,10H2,1-2H3. The van der Waals surface area contributed by atoms with Crippen LogP contribution in [0.25, 0.3) is 0 Å². The predicted octanol–water partition coefficient (Wildman–Crippen LogP) is 1.59. The highest BCUT2D eigenvalue weighted by atomic mass is 14.9. The van der Waals surface area contributed by atoms with Crippen LogP contribution in [0.1, 0.15) is 33.1 Å². The van der Waals surface area contributed by atoms with Crippen LogP contribution in [0.3, 0.4) is 0 Å². The summed E-state index contributed by atoms with van der Waals surface area (Å²) in [7, 11) is 0. The van der Waals surface area contributed by atoms with Crippen LogP contribution in [-0.2, 0) is 0 Å². The summed E-state index contributed by atoms with van der Waals surface area (Å²) in [6.07, 6.45) is 3.49. The highest BCUT2D eigenvalue weighted by Gasteiger charge is 2.14. The van der Waals surface area contributed by atoms with E-state index in [1.807, 2.05) is 0 Å². The van der Waals surface area contributed by atoms with Gasteiger partial charge in [0.15, 0.2) is 0 Å². The second-order valence-corrected chi connectivity index (χ2v) is 3.38. The van der Waals surface area contributed by atoms with E-state index in [2.05, 4.69) is 19.2 Å². The van der Waals surface area contributed by atoms with Gasteiger partial charge in [-0.1, -0.05) is 6.92 Å². The molecule has 3 N–H and O–H groups in total. The molecule has 64 valence electrons. The lowest BCUT2D eigenvalue weighted by Gasteiger charge is -2.22. The van der Waals surface area contributed by atoms with Crippen molar-refractivity contribution >= 4 is 0 Å². The van der Waals surface area contributed by atoms with E-state index in [1.54, 1.807) is 0 Å². The second kappa shape index (κ2) is 3.65. The molecule has 1 atom stereocenters. The van der Waals surface area contributed by atoms with Crippen molar-refractivity contribution in [1.29, 1.82) is 0 Å². The van der Waals surface area contributed by atoms with E-state index in [0.29, 0.717) is 0 Å². The molecular weight excluding hydrogens is 136 g/mol. The van der Waals surface area contributed by atoms with Gasteiger partial charge in [-0.05, 0) is 32.1 Å². The molecule has 11 heavy (non-hydrogen) atoms. The van der Waals surface area contributed by atoms with Crippen LogP contribution in [0, 0.1) is 5.92 Å². The molecule has 0 spiro atoms. The summed E-state index contributed by atoms with van der Waals surface area (Å²) in [4.78, 5) is 0. The fourth-order valence-corrected chi connectivity index (χ4v) is 1.57. The summed E-state index contributed by atoms with van der Waals surface area (Å²) in [5.41, 5.74) is 8.23. The van der Waals surface area contributed by atoms with Gasteiger partial charge in [-0.2, -0.15) is 0 Å². The molecule has 0 bridgehead atoms. The van der Waals surface area contributed by atoms with Crippen LogP contribution in [0.5, 0.6) is 0 Å². The quantitative estimate of drug-likeness (QED) is 0.634. The monoisotopic (exact) mass is 154 g/mol. The summed E-state index contributed by atoms with van der Waals surface area (Å²) >= 11 is 0. The minimum Gasteiger partial charge on any atom is -0.401 e. The maximum atomic E-state index is 5.87. The molecule has 0 aromatic rings. The van der Waals surface area contributed by atoms with Gasteiger partial charge >= 0.3 is 0 Å². The lowest BCUT2D eigenvalue weighted by atomic mass is 9.92. The molecule has 0 radical (unpaired) electrons. The first kappa shape index (κ1) is 8.44. The second-order valence-electron chi connectivity index (χ2n) is 3.38.